The first kappa shape index (κ1) is 29.6. The fourth-order valence-corrected chi connectivity index (χ4v) is 3.90. The Kier molecular flexibility index (Phi) is 17.8. The summed E-state index contributed by atoms with van der Waals surface area (Å²) in [5, 5.41) is 0. The fraction of sp³-hybridized carbons (Fsp3) is 0.333. The summed E-state index contributed by atoms with van der Waals surface area (Å²) in [5.74, 6) is 2.87. The van der Waals surface area contributed by atoms with Crippen LogP contribution in [0.2, 0.25) is 0 Å². The monoisotopic (exact) mass is 598 g/mol. The van der Waals surface area contributed by atoms with Gasteiger partial charge in [-0.05, 0) is 0 Å². The van der Waals surface area contributed by atoms with Gasteiger partial charge < -0.3 is 0 Å². The van der Waals surface area contributed by atoms with Crippen molar-refractivity contribution in [3.63, 3.8) is 0 Å². The van der Waals surface area contributed by atoms with Gasteiger partial charge in [-0.1, -0.05) is 0 Å². The molecule has 144 valence electrons. The summed E-state index contributed by atoms with van der Waals surface area (Å²) in [6.45, 7) is 8.73. The Morgan fingerprint density at radius 2 is 0.920 bits per heavy atom. The van der Waals surface area contributed by atoms with E-state index in [1.807, 2.05) is 24.3 Å². The number of hydrogen-bond acceptors (Lipinski definition) is 2. The number of halogens is 4. The van der Waals surface area contributed by atoms with Crippen molar-refractivity contribution >= 4 is 49.6 Å². The van der Waals surface area contributed by atoms with Crippen molar-refractivity contribution in [2.45, 2.75) is 39.5 Å². The summed E-state index contributed by atoms with van der Waals surface area (Å²) in [7, 11) is 0. The van der Waals surface area contributed by atoms with Crippen LogP contribution >= 0.6 is 49.6 Å². The molecule has 0 aromatic heterocycles. The maximum absolute atomic E-state index is 5.98. The first-order valence-electron chi connectivity index (χ1n) is 7.28. The number of rotatable bonds is 6. The molecule has 0 aliphatic heterocycles. The van der Waals surface area contributed by atoms with E-state index in [0.29, 0.717) is 11.8 Å². The SMILES string of the molecule is CC(C)c1ccccc1[O][W][O]c1ccccc1C(C)C.Cl.Cl.Cl.Cl. The van der Waals surface area contributed by atoms with Gasteiger partial charge in [0.15, 0.2) is 0 Å². The summed E-state index contributed by atoms with van der Waals surface area (Å²) in [6, 6.07) is 16.5. The van der Waals surface area contributed by atoms with E-state index >= 15 is 0 Å². The van der Waals surface area contributed by atoms with Crippen molar-refractivity contribution in [1.29, 1.82) is 0 Å². The van der Waals surface area contributed by atoms with Gasteiger partial charge in [-0.2, -0.15) is 0 Å². The maximum Gasteiger partial charge on any atom is -0.147 e. The van der Waals surface area contributed by atoms with Gasteiger partial charge in [0.25, 0.3) is 0 Å². The zero-order chi connectivity index (χ0) is 15.2. The molecule has 0 aliphatic carbocycles. The number of benzene rings is 2. The van der Waals surface area contributed by atoms with Crippen molar-refractivity contribution < 1.29 is 26.1 Å². The van der Waals surface area contributed by atoms with Crippen LogP contribution in [0.3, 0.4) is 0 Å². The van der Waals surface area contributed by atoms with E-state index in [0.717, 1.165) is 11.5 Å². The molecule has 0 fully saturated rings. The van der Waals surface area contributed by atoms with E-state index in [9.17, 15) is 0 Å². The molecule has 7 heteroatoms. The molecule has 2 nitrogen and oxygen atoms in total. The molecule has 0 unspecified atom stereocenters. The van der Waals surface area contributed by atoms with Crippen molar-refractivity contribution in [3.05, 3.63) is 59.7 Å². The molecule has 0 saturated heterocycles. The Bertz CT molecular complexity index is 543. The third-order valence-corrected chi connectivity index (χ3v) is 5.11. The Morgan fingerprint density at radius 3 is 1.24 bits per heavy atom. The average molecular weight is 600 g/mol. The van der Waals surface area contributed by atoms with Crippen LogP contribution in [0.15, 0.2) is 48.5 Å². The molecule has 0 spiro atoms. The molecule has 0 aliphatic rings. The smallest absolute Gasteiger partial charge is 0.147 e. The third kappa shape index (κ3) is 8.89. The van der Waals surface area contributed by atoms with Crippen LogP contribution < -0.4 is 6.78 Å². The minimum absolute atomic E-state index is 0. The molecule has 0 atom stereocenters. The molecule has 2 aromatic rings. The van der Waals surface area contributed by atoms with Gasteiger partial charge in [-0.3, -0.25) is 0 Å². The zero-order valence-corrected chi connectivity index (χ0v) is 20.8. The molecule has 0 heterocycles. The van der Waals surface area contributed by atoms with Crippen LogP contribution in [0.1, 0.15) is 50.7 Å². The Hall–Kier alpha value is -0.112. The molecule has 2 aromatic carbocycles. The largest absolute Gasteiger partial charge is 0.147 e. The maximum atomic E-state index is 5.98. The van der Waals surface area contributed by atoms with E-state index in [-0.39, 0.29) is 49.6 Å². The molecular weight excluding hydrogens is 574 g/mol. The summed E-state index contributed by atoms with van der Waals surface area (Å²) in [5.41, 5.74) is 2.50. The van der Waals surface area contributed by atoms with E-state index in [1.54, 1.807) is 0 Å². The van der Waals surface area contributed by atoms with E-state index in [4.69, 9.17) is 6.78 Å². The van der Waals surface area contributed by atoms with Crippen LogP contribution in [-0.4, -0.2) is 0 Å². The first-order valence-corrected chi connectivity index (χ1v) is 9.68. The minimum atomic E-state index is -1.36. The van der Waals surface area contributed by atoms with Gasteiger partial charge in [0, 0.05) is 0 Å². The van der Waals surface area contributed by atoms with Crippen LogP contribution in [0.25, 0.3) is 0 Å². The van der Waals surface area contributed by atoms with Crippen molar-refractivity contribution in [3.8, 4) is 11.5 Å². The molecule has 25 heavy (non-hydrogen) atoms. The molecule has 0 N–H and O–H groups in total. The molecular formula is C18H26Cl4O2W. The second-order valence-electron chi connectivity index (χ2n) is 5.62. The second kappa shape index (κ2) is 15.0. The fourth-order valence-electron chi connectivity index (χ4n) is 2.16. The van der Waals surface area contributed by atoms with E-state index < -0.39 is 19.3 Å². The van der Waals surface area contributed by atoms with Crippen LogP contribution in [0.5, 0.6) is 11.5 Å². The first-order chi connectivity index (χ1) is 10.1. The Balaban J connectivity index is -0.00000121. The zero-order valence-electron chi connectivity index (χ0n) is 14.6. The Labute approximate surface area is 185 Å². The second-order valence-corrected chi connectivity index (χ2v) is 7.31. The molecule has 0 bridgehead atoms. The number of hydrogen-bond donors (Lipinski definition) is 0. The van der Waals surface area contributed by atoms with Gasteiger partial charge in [-0.15, -0.1) is 49.6 Å². The molecule has 0 amide bonds. The summed E-state index contributed by atoms with van der Waals surface area (Å²) < 4.78 is 12.0. The van der Waals surface area contributed by atoms with Gasteiger partial charge in [0.1, 0.15) is 0 Å². The van der Waals surface area contributed by atoms with Crippen LogP contribution in [0.4, 0.5) is 0 Å². The van der Waals surface area contributed by atoms with Crippen molar-refractivity contribution in [1.82, 2.24) is 0 Å². The van der Waals surface area contributed by atoms with Gasteiger partial charge >= 0.3 is 137 Å². The van der Waals surface area contributed by atoms with Crippen LogP contribution in [-0.2, 0) is 19.3 Å². The Morgan fingerprint density at radius 1 is 0.600 bits per heavy atom. The summed E-state index contributed by atoms with van der Waals surface area (Å²) in [6.07, 6.45) is 0. The predicted octanol–water partition coefficient (Wildman–Crippen LogP) is 6.99. The van der Waals surface area contributed by atoms with E-state index in [1.165, 1.54) is 11.1 Å². The van der Waals surface area contributed by atoms with Gasteiger partial charge in [0.05, 0.1) is 0 Å². The normalized spacial score (nSPS) is 9.20. The molecule has 2 rings (SSSR count). The minimum Gasteiger partial charge on any atom is -0.147 e. The molecule has 0 radical (unpaired) electrons. The van der Waals surface area contributed by atoms with Gasteiger partial charge in [0.2, 0.25) is 0 Å². The summed E-state index contributed by atoms with van der Waals surface area (Å²) >= 11 is -1.36. The topological polar surface area (TPSA) is 18.5 Å². The number of para-hydroxylation sites is 2. The predicted molar refractivity (Wildman–Crippen MR) is 111 cm³/mol. The third-order valence-electron chi connectivity index (χ3n) is 3.33. The quantitative estimate of drug-likeness (QED) is 0.356. The molecule has 0 saturated carbocycles. The summed E-state index contributed by atoms with van der Waals surface area (Å²) in [4.78, 5) is 0. The van der Waals surface area contributed by atoms with Crippen molar-refractivity contribution in [2.75, 3.05) is 0 Å². The van der Waals surface area contributed by atoms with Gasteiger partial charge in [-0.25, -0.2) is 0 Å². The average Bonchev–Trinajstić information content (AvgIpc) is 2.48. The van der Waals surface area contributed by atoms with Crippen LogP contribution in [0, 0.1) is 0 Å². The van der Waals surface area contributed by atoms with Crippen molar-refractivity contribution in [2.24, 2.45) is 0 Å². The standard InChI is InChI=1S/2C9H12O.4ClH.W/c2*1-7(2)8-5-3-4-6-9(8)10;;;;;/h2*3-7,10H,1-2H3;4*1H;/q;;;;;;+2/p-2. The van der Waals surface area contributed by atoms with E-state index in [2.05, 4.69) is 52.0 Å².